The van der Waals surface area contributed by atoms with E-state index in [1.807, 2.05) is 12.1 Å². The second kappa shape index (κ2) is 7.41. The molecule has 0 radical (unpaired) electrons. The molecule has 1 aliphatic rings. The van der Waals surface area contributed by atoms with Crippen molar-refractivity contribution in [1.82, 2.24) is 4.90 Å². The van der Waals surface area contributed by atoms with E-state index in [0.29, 0.717) is 13.2 Å². The Morgan fingerprint density at radius 1 is 1.45 bits per heavy atom. The van der Waals surface area contributed by atoms with Crippen molar-refractivity contribution >= 4 is 5.97 Å². The van der Waals surface area contributed by atoms with Gasteiger partial charge in [0, 0.05) is 13.1 Å². The van der Waals surface area contributed by atoms with E-state index in [4.69, 9.17) is 9.84 Å². The molecule has 1 unspecified atom stereocenters. The molecule has 4 heteroatoms. The largest absolute Gasteiger partial charge is 0.481 e. The number of hydrogen-bond acceptors (Lipinski definition) is 3. The Labute approximate surface area is 120 Å². The number of hydrogen-bond donors (Lipinski definition) is 1. The molecule has 1 aromatic rings. The van der Waals surface area contributed by atoms with Gasteiger partial charge >= 0.3 is 5.97 Å². The van der Waals surface area contributed by atoms with Gasteiger partial charge in [-0.25, -0.2) is 0 Å². The Kier molecular flexibility index (Phi) is 5.56. The van der Waals surface area contributed by atoms with Gasteiger partial charge in [-0.05, 0) is 37.4 Å². The molecule has 20 heavy (non-hydrogen) atoms. The third-order valence-corrected chi connectivity index (χ3v) is 3.84. The molecule has 0 aromatic heterocycles. The first-order chi connectivity index (χ1) is 9.65. The molecule has 4 nitrogen and oxygen atoms in total. The molecule has 110 valence electrons. The van der Waals surface area contributed by atoms with E-state index in [2.05, 4.69) is 24.0 Å². The van der Waals surface area contributed by atoms with Gasteiger partial charge in [-0.2, -0.15) is 0 Å². The Balaban J connectivity index is 1.78. The minimum Gasteiger partial charge on any atom is -0.481 e. The average molecular weight is 277 g/mol. The molecule has 1 atom stereocenters. The number of ether oxygens (including phenoxy) is 1. The summed E-state index contributed by atoms with van der Waals surface area (Å²) >= 11 is 0. The van der Waals surface area contributed by atoms with Crippen LogP contribution in [0.15, 0.2) is 24.3 Å². The number of nitrogens with zero attached hydrogens (tertiary/aromatic N) is 1. The fourth-order valence-electron chi connectivity index (χ4n) is 2.59. The maximum Gasteiger partial charge on any atom is 0.304 e. The van der Waals surface area contributed by atoms with Gasteiger partial charge in [0.25, 0.3) is 0 Å². The van der Waals surface area contributed by atoms with Crippen LogP contribution in [0.1, 0.15) is 30.4 Å². The minimum atomic E-state index is -0.729. The summed E-state index contributed by atoms with van der Waals surface area (Å²) in [5, 5.41) is 8.73. The molecule has 1 aromatic carbocycles. The molecule has 1 saturated heterocycles. The van der Waals surface area contributed by atoms with Crippen LogP contribution in [0.25, 0.3) is 0 Å². The number of carbonyl (C=O) groups is 1. The van der Waals surface area contributed by atoms with E-state index in [1.165, 1.54) is 11.1 Å². The standard InChI is InChI=1S/C16H23NO3/c1-13-5-2-3-6-14(13)12-20-15-7-4-9-17(11-15)10-8-16(18)19/h2-3,5-6,15H,4,7-12H2,1H3,(H,18,19). The quantitative estimate of drug-likeness (QED) is 0.867. The summed E-state index contributed by atoms with van der Waals surface area (Å²) in [5.74, 6) is -0.729. The Morgan fingerprint density at radius 2 is 2.25 bits per heavy atom. The summed E-state index contributed by atoms with van der Waals surface area (Å²) in [6.45, 7) is 5.19. The summed E-state index contributed by atoms with van der Waals surface area (Å²) < 4.78 is 6.00. The summed E-state index contributed by atoms with van der Waals surface area (Å²) in [6.07, 6.45) is 2.58. The van der Waals surface area contributed by atoms with Gasteiger partial charge in [0.2, 0.25) is 0 Å². The molecule has 0 bridgehead atoms. The van der Waals surface area contributed by atoms with Crippen LogP contribution in [0, 0.1) is 6.92 Å². The molecule has 0 aliphatic carbocycles. The predicted octanol–water partition coefficient (Wildman–Crippen LogP) is 2.45. The van der Waals surface area contributed by atoms with Crippen LogP contribution in [0.3, 0.4) is 0 Å². The monoisotopic (exact) mass is 277 g/mol. The average Bonchev–Trinajstić information content (AvgIpc) is 2.45. The molecule has 0 spiro atoms. The number of likely N-dealkylation sites (tertiary alicyclic amines) is 1. The first-order valence-corrected chi connectivity index (χ1v) is 7.25. The first kappa shape index (κ1) is 15.0. The Hall–Kier alpha value is -1.39. The van der Waals surface area contributed by atoms with Gasteiger partial charge in [-0.3, -0.25) is 4.79 Å². The predicted molar refractivity (Wildman–Crippen MR) is 77.7 cm³/mol. The number of aliphatic carboxylic acids is 1. The normalized spacial score (nSPS) is 19.9. The lowest BCUT2D eigenvalue weighted by molar-refractivity contribution is -0.137. The van der Waals surface area contributed by atoms with Gasteiger partial charge in [-0.1, -0.05) is 24.3 Å². The molecular weight excluding hydrogens is 254 g/mol. The molecule has 1 fully saturated rings. The Morgan fingerprint density at radius 3 is 3.00 bits per heavy atom. The SMILES string of the molecule is Cc1ccccc1COC1CCCN(CCC(=O)O)C1. The highest BCUT2D eigenvalue weighted by Crippen LogP contribution is 2.16. The van der Waals surface area contributed by atoms with Crippen molar-refractivity contribution in [2.45, 2.75) is 38.9 Å². The van der Waals surface area contributed by atoms with Crippen molar-refractivity contribution in [2.75, 3.05) is 19.6 Å². The number of aryl methyl sites for hydroxylation is 1. The summed E-state index contributed by atoms with van der Waals surface area (Å²) in [7, 11) is 0. The summed E-state index contributed by atoms with van der Waals surface area (Å²) in [4.78, 5) is 12.8. The van der Waals surface area contributed by atoms with Crippen molar-refractivity contribution in [2.24, 2.45) is 0 Å². The van der Waals surface area contributed by atoms with E-state index in [9.17, 15) is 4.79 Å². The smallest absolute Gasteiger partial charge is 0.304 e. The van der Waals surface area contributed by atoms with Crippen LogP contribution in [0.2, 0.25) is 0 Å². The van der Waals surface area contributed by atoms with Crippen molar-refractivity contribution in [3.63, 3.8) is 0 Å². The number of piperidine rings is 1. The fourth-order valence-corrected chi connectivity index (χ4v) is 2.59. The van der Waals surface area contributed by atoms with Crippen LogP contribution in [-0.4, -0.2) is 41.7 Å². The molecule has 0 amide bonds. The second-order valence-electron chi connectivity index (χ2n) is 5.45. The van der Waals surface area contributed by atoms with Crippen molar-refractivity contribution in [3.8, 4) is 0 Å². The second-order valence-corrected chi connectivity index (χ2v) is 5.45. The maximum atomic E-state index is 10.6. The third-order valence-electron chi connectivity index (χ3n) is 3.84. The lowest BCUT2D eigenvalue weighted by Crippen LogP contribution is -2.40. The van der Waals surface area contributed by atoms with E-state index in [1.54, 1.807) is 0 Å². The number of carboxylic acids is 1. The van der Waals surface area contributed by atoms with Crippen molar-refractivity contribution in [1.29, 1.82) is 0 Å². The van der Waals surface area contributed by atoms with Gasteiger partial charge in [0.15, 0.2) is 0 Å². The van der Waals surface area contributed by atoms with Gasteiger partial charge < -0.3 is 14.7 Å². The molecule has 1 aliphatic heterocycles. The zero-order valence-electron chi connectivity index (χ0n) is 12.0. The third kappa shape index (κ3) is 4.62. The lowest BCUT2D eigenvalue weighted by Gasteiger charge is -2.32. The van der Waals surface area contributed by atoms with Crippen LogP contribution >= 0.6 is 0 Å². The van der Waals surface area contributed by atoms with Crippen LogP contribution in [0.4, 0.5) is 0 Å². The van der Waals surface area contributed by atoms with E-state index < -0.39 is 5.97 Å². The van der Waals surface area contributed by atoms with Crippen LogP contribution in [-0.2, 0) is 16.1 Å². The zero-order valence-corrected chi connectivity index (χ0v) is 12.0. The van der Waals surface area contributed by atoms with Crippen LogP contribution < -0.4 is 0 Å². The first-order valence-electron chi connectivity index (χ1n) is 7.25. The topological polar surface area (TPSA) is 49.8 Å². The van der Waals surface area contributed by atoms with E-state index >= 15 is 0 Å². The molecular formula is C16H23NO3. The maximum absolute atomic E-state index is 10.6. The number of rotatable bonds is 6. The van der Waals surface area contributed by atoms with Gasteiger partial charge in [-0.15, -0.1) is 0 Å². The lowest BCUT2D eigenvalue weighted by atomic mass is 10.1. The summed E-state index contributed by atoms with van der Waals surface area (Å²) in [5.41, 5.74) is 2.49. The van der Waals surface area contributed by atoms with Gasteiger partial charge in [0.1, 0.15) is 0 Å². The minimum absolute atomic E-state index is 0.213. The zero-order chi connectivity index (χ0) is 14.4. The van der Waals surface area contributed by atoms with Crippen LogP contribution in [0.5, 0.6) is 0 Å². The molecule has 1 N–H and O–H groups in total. The van der Waals surface area contributed by atoms with Crippen molar-refractivity contribution < 1.29 is 14.6 Å². The highest BCUT2D eigenvalue weighted by Gasteiger charge is 2.20. The van der Waals surface area contributed by atoms with E-state index in [-0.39, 0.29) is 12.5 Å². The highest BCUT2D eigenvalue weighted by atomic mass is 16.5. The highest BCUT2D eigenvalue weighted by molar-refractivity contribution is 5.66. The molecule has 0 saturated carbocycles. The summed E-state index contributed by atoms with van der Waals surface area (Å²) in [6, 6.07) is 8.26. The van der Waals surface area contributed by atoms with Gasteiger partial charge in [0.05, 0.1) is 19.1 Å². The Bertz CT molecular complexity index is 447. The fraction of sp³-hybridized carbons (Fsp3) is 0.562. The number of carboxylic acid groups (broad SMARTS) is 1. The molecule has 1 heterocycles. The van der Waals surface area contributed by atoms with Crippen molar-refractivity contribution in [3.05, 3.63) is 35.4 Å². The number of benzene rings is 1. The molecule has 2 rings (SSSR count). The van der Waals surface area contributed by atoms with E-state index in [0.717, 1.165) is 25.9 Å².